The molecule has 2 N–H and O–H groups in total. The number of hydrogen-bond donors (Lipinski definition) is 1. The van der Waals surface area contributed by atoms with Gasteiger partial charge in [0.15, 0.2) is 0 Å². The normalized spacial score (nSPS) is 10.0. The number of carbonyl (C=O) groups excluding carboxylic acids is 1. The van der Waals surface area contributed by atoms with Gasteiger partial charge in [-0.2, -0.15) is 11.8 Å². The molecule has 0 radical (unpaired) electrons. The predicted octanol–water partition coefficient (Wildman–Crippen LogP) is 2.44. The van der Waals surface area contributed by atoms with E-state index in [1.165, 1.54) is 6.07 Å². The molecule has 1 rings (SSSR count). The molecule has 1 aromatic rings. The van der Waals surface area contributed by atoms with Crippen molar-refractivity contribution in [2.24, 2.45) is 0 Å². The zero-order valence-corrected chi connectivity index (χ0v) is 9.90. The molecule has 0 aliphatic carbocycles. The minimum atomic E-state index is -0.369. The Labute approximate surface area is 97.9 Å². The van der Waals surface area contributed by atoms with Crippen molar-refractivity contribution in [3.63, 3.8) is 0 Å². The molecule has 0 unspecified atom stereocenters. The summed E-state index contributed by atoms with van der Waals surface area (Å²) < 4.78 is 5.00. The molecule has 0 aromatic heterocycles. The summed E-state index contributed by atoms with van der Waals surface area (Å²) in [5.41, 5.74) is 6.41. The van der Waals surface area contributed by atoms with Crippen LogP contribution < -0.4 is 5.73 Å². The van der Waals surface area contributed by atoms with Gasteiger partial charge in [0, 0.05) is 5.75 Å². The minimum Gasteiger partial charge on any atom is -0.461 e. The van der Waals surface area contributed by atoms with E-state index in [0.717, 1.165) is 5.75 Å². The number of hydrogen-bond acceptors (Lipinski definition) is 4. The zero-order chi connectivity index (χ0) is 11.3. The van der Waals surface area contributed by atoms with E-state index in [-0.39, 0.29) is 5.97 Å². The summed E-state index contributed by atoms with van der Waals surface area (Å²) >= 11 is 7.40. The van der Waals surface area contributed by atoms with Crippen LogP contribution in [0.3, 0.4) is 0 Å². The number of nitrogen functional groups attached to an aromatic ring is 1. The van der Waals surface area contributed by atoms with Gasteiger partial charge in [-0.25, -0.2) is 4.79 Å². The summed E-state index contributed by atoms with van der Waals surface area (Å²) in [6.07, 6.45) is 1.95. The van der Waals surface area contributed by atoms with Gasteiger partial charge in [0.1, 0.15) is 6.61 Å². The lowest BCUT2D eigenvalue weighted by molar-refractivity contribution is 0.0530. The smallest absolute Gasteiger partial charge is 0.338 e. The number of rotatable bonds is 4. The number of carbonyl (C=O) groups is 1. The minimum absolute atomic E-state index is 0.369. The largest absolute Gasteiger partial charge is 0.461 e. The van der Waals surface area contributed by atoms with Crippen LogP contribution in [0.1, 0.15) is 10.4 Å². The van der Waals surface area contributed by atoms with Gasteiger partial charge in [-0.3, -0.25) is 0 Å². The predicted molar refractivity (Wildman–Crippen MR) is 64.5 cm³/mol. The molecule has 0 aliphatic heterocycles. The Morgan fingerprint density at radius 3 is 2.93 bits per heavy atom. The highest BCUT2D eigenvalue weighted by atomic mass is 35.5. The molecular formula is C10H12ClNO2S. The van der Waals surface area contributed by atoms with E-state index < -0.39 is 0 Å². The standard InChI is InChI=1S/C10H12ClNO2S/c1-15-5-4-14-10(13)7-2-3-9(12)8(11)6-7/h2-3,6H,4-5,12H2,1H3. The van der Waals surface area contributed by atoms with Crippen molar-refractivity contribution in [2.75, 3.05) is 24.3 Å². The fraction of sp³-hybridized carbons (Fsp3) is 0.300. The Morgan fingerprint density at radius 1 is 1.60 bits per heavy atom. The molecular weight excluding hydrogens is 234 g/mol. The molecule has 3 nitrogen and oxygen atoms in total. The molecule has 0 spiro atoms. The fourth-order valence-electron chi connectivity index (χ4n) is 0.955. The Balaban J connectivity index is 2.62. The van der Waals surface area contributed by atoms with Crippen molar-refractivity contribution in [2.45, 2.75) is 0 Å². The van der Waals surface area contributed by atoms with Gasteiger partial charge in [-0.15, -0.1) is 0 Å². The lowest BCUT2D eigenvalue weighted by Crippen LogP contribution is -2.08. The quantitative estimate of drug-likeness (QED) is 0.503. The maximum Gasteiger partial charge on any atom is 0.338 e. The third-order valence-corrected chi connectivity index (χ3v) is 2.66. The summed E-state index contributed by atoms with van der Waals surface area (Å²) in [5, 5.41) is 0.370. The van der Waals surface area contributed by atoms with Gasteiger partial charge in [-0.05, 0) is 24.5 Å². The van der Waals surface area contributed by atoms with Gasteiger partial charge in [0.25, 0.3) is 0 Å². The molecule has 0 saturated heterocycles. The number of nitrogens with two attached hydrogens (primary N) is 1. The molecule has 0 bridgehead atoms. The second-order valence-corrected chi connectivity index (χ2v) is 4.26. The highest BCUT2D eigenvalue weighted by molar-refractivity contribution is 7.98. The van der Waals surface area contributed by atoms with Crippen LogP contribution in [-0.4, -0.2) is 24.6 Å². The van der Waals surface area contributed by atoms with Crippen LogP contribution in [0.15, 0.2) is 18.2 Å². The molecule has 0 amide bonds. The monoisotopic (exact) mass is 245 g/mol. The number of halogens is 1. The number of esters is 1. The van der Waals surface area contributed by atoms with Gasteiger partial charge < -0.3 is 10.5 Å². The number of ether oxygens (including phenoxy) is 1. The second kappa shape index (κ2) is 5.88. The van der Waals surface area contributed by atoms with Crippen LogP contribution >= 0.6 is 23.4 Å². The first-order valence-electron chi connectivity index (χ1n) is 4.36. The maximum absolute atomic E-state index is 11.5. The summed E-state index contributed by atoms with van der Waals surface area (Å²) in [7, 11) is 0. The van der Waals surface area contributed by atoms with E-state index in [4.69, 9.17) is 22.1 Å². The highest BCUT2D eigenvalue weighted by Crippen LogP contribution is 2.20. The SMILES string of the molecule is CSCCOC(=O)c1ccc(N)c(Cl)c1. The molecule has 0 heterocycles. The third kappa shape index (κ3) is 3.64. The first-order chi connectivity index (χ1) is 7.15. The molecule has 0 saturated carbocycles. The average Bonchev–Trinajstić information content (AvgIpc) is 2.22. The van der Waals surface area contributed by atoms with Crippen LogP contribution in [-0.2, 0) is 4.74 Å². The van der Waals surface area contributed by atoms with Crippen molar-refractivity contribution >= 4 is 35.0 Å². The molecule has 0 atom stereocenters. The molecule has 5 heteroatoms. The summed E-state index contributed by atoms with van der Waals surface area (Å²) in [4.78, 5) is 11.5. The maximum atomic E-state index is 11.5. The van der Waals surface area contributed by atoms with E-state index in [1.54, 1.807) is 23.9 Å². The van der Waals surface area contributed by atoms with Crippen LogP contribution in [0, 0.1) is 0 Å². The first-order valence-corrected chi connectivity index (χ1v) is 6.13. The average molecular weight is 246 g/mol. The van der Waals surface area contributed by atoms with Crippen LogP contribution in [0.2, 0.25) is 5.02 Å². The van der Waals surface area contributed by atoms with Crippen molar-refractivity contribution in [1.82, 2.24) is 0 Å². The van der Waals surface area contributed by atoms with Gasteiger partial charge in [0.05, 0.1) is 16.3 Å². The van der Waals surface area contributed by atoms with Crippen molar-refractivity contribution in [3.8, 4) is 0 Å². The summed E-state index contributed by atoms with van der Waals surface area (Å²) in [6, 6.07) is 4.70. The summed E-state index contributed by atoms with van der Waals surface area (Å²) in [5.74, 6) is 0.417. The number of thioether (sulfide) groups is 1. The van der Waals surface area contributed by atoms with Crippen LogP contribution in [0.5, 0.6) is 0 Å². The van der Waals surface area contributed by atoms with Crippen LogP contribution in [0.4, 0.5) is 5.69 Å². The Bertz CT molecular complexity index is 357. The van der Waals surface area contributed by atoms with Gasteiger partial charge >= 0.3 is 5.97 Å². The highest BCUT2D eigenvalue weighted by Gasteiger charge is 2.08. The van der Waals surface area contributed by atoms with E-state index in [0.29, 0.717) is 22.9 Å². The van der Waals surface area contributed by atoms with Crippen LogP contribution in [0.25, 0.3) is 0 Å². The van der Waals surface area contributed by atoms with E-state index in [2.05, 4.69) is 0 Å². The molecule has 0 aliphatic rings. The Kier molecular flexibility index (Phi) is 4.78. The Hall–Kier alpha value is -0.870. The second-order valence-electron chi connectivity index (χ2n) is 2.87. The van der Waals surface area contributed by atoms with E-state index in [9.17, 15) is 4.79 Å². The third-order valence-electron chi connectivity index (χ3n) is 1.76. The van der Waals surface area contributed by atoms with Crippen molar-refractivity contribution in [1.29, 1.82) is 0 Å². The summed E-state index contributed by atoms with van der Waals surface area (Å²) in [6.45, 7) is 0.405. The van der Waals surface area contributed by atoms with E-state index >= 15 is 0 Å². The molecule has 1 aromatic carbocycles. The molecule has 15 heavy (non-hydrogen) atoms. The van der Waals surface area contributed by atoms with E-state index in [1.807, 2.05) is 6.26 Å². The zero-order valence-electron chi connectivity index (χ0n) is 8.33. The number of anilines is 1. The molecule has 82 valence electrons. The van der Waals surface area contributed by atoms with Gasteiger partial charge in [-0.1, -0.05) is 11.6 Å². The van der Waals surface area contributed by atoms with Crippen molar-refractivity contribution < 1.29 is 9.53 Å². The topological polar surface area (TPSA) is 52.3 Å². The Morgan fingerprint density at radius 2 is 2.33 bits per heavy atom. The lowest BCUT2D eigenvalue weighted by Gasteiger charge is -2.04. The fourth-order valence-corrected chi connectivity index (χ4v) is 1.39. The van der Waals surface area contributed by atoms with Gasteiger partial charge in [0.2, 0.25) is 0 Å². The lowest BCUT2D eigenvalue weighted by atomic mass is 10.2. The number of benzene rings is 1. The van der Waals surface area contributed by atoms with Crippen molar-refractivity contribution in [3.05, 3.63) is 28.8 Å². The first kappa shape index (κ1) is 12.2. The molecule has 0 fully saturated rings.